The summed E-state index contributed by atoms with van der Waals surface area (Å²) in [6.07, 6.45) is -4.33. The minimum Gasteiger partial charge on any atom is -0.316 e. The second-order valence-electron chi connectivity index (χ2n) is 3.79. The fraction of sp³-hybridized carbons (Fsp3) is 0.300. The van der Waals surface area contributed by atoms with Crippen LogP contribution in [0.5, 0.6) is 0 Å². The molecule has 0 atom stereocenters. The topological polar surface area (TPSA) is 63.2 Å². The summed E-state index contributed by atoms with van der Waals surface area (Å²) in [6, 6.07) is 2.42. The summed E-state index contributed by atoms with van der Waals surface area (Å²) in [7, 11) is -3.83. The molecular weight excluding hydrogens is 307 g/mol. The third kappa shape index (κ3) is 3.60. The Hall–Kier alpha value is -1.28. The monoisotopic (exact) mass is 315 g/mol. The number of hydrogen-bond donors (Lipinski definition) is 1. The molecule has 0 bridgehead atoms. The van der Waals surface area contributed by atoms with Gasteiger partial charge in [0.1, 0.15) is 0 Å². The summed E-state index contributed by atoms with van der Waals surface area (Å²) >= 11 is 5.75. The van der Waals surface area contributed by atoms with Gasteiger partial charge in [-0.15, -0.1) is 0 Å². The number of benzene rings is 1. The molecule has 0 aromatic heterocycles. The smallest absolute Gasteiger partial charge is 0.316 e. The van der Waals surface area contributed by atoms with Gasteiger partial charge in [0.25, 0.3) is 0 Å². The van der Waals surface area contributed by atoms with Gasteiger partial charge >= 0.3 is 12.1 Å². The third-order valence-corrected chi connectivity index (χ3v) is 3.82. The minimum absolute atomic E-state index is 0.250. The van der Waals surface area contributed by atoms with Crippen LogP contribution in [0, 0.1) is 6.92 Å². The zero-order valence-corrected chi connectivity index (χ0v) is 11.4. The van der Waals surface area contributed by atoms with Crippen LogP contribution in [-0.4, -0.2) is 26.8 Å². The Morgan fingerprint density at radius 1 is 1.32 bits per heavy atom. The highest BCUT2D eigenvalue weighted by Crippen LogP contribution is 2.33. The van der Waals surface area contributed by atoms with E-state index in [1.54, 1.807) is 0 Å². The van der Waals surface area contributed by atoms with Crippen molar-refractivity contribution in [2.45, 2.75) is 18.0 Å². The van der Waals surface area contributed by atoms with Gasteiger partial charge in [-0.05, 0) is 18.6 Å². The molecule has 4 nitrogen and oxygen atoms in total. The third-order valence-electron chi connectivity index (χ3n) is 2.19. The SMILES string of the molecule is Cc1ccc(S(C)(=O)=O)c(NC(=O)C(F)(F)F)c1Cl. The number of hydrogen-bond acceptors (Lipinski definition) is 3. The molecular formula is C10H9ClF3NO3S. The number of rotatable bonds is 2. The van der Waals surface area contributed by atoms with Gasteiger partial charge in [-0.2, -0.15) is 13.2 Å². The van der Waals surface area contributed by atoms with Crippen LogP contribution in [-0.2, 0) is 14.6 Å². The lowest BCUT2D eigenvalue weighted by Crippen LogP contribution is -2.30. The quantitative estimate of drug-likeness (QED) is 0.912. The van der Waals surface area contributed by atoms with Gasteiger partial charge in [0, 0.05) is 6.26 Å². The molecule has 1 aromatic carbocycles. The molecule has 1 aromatic rings. The summed E-state index contributed by atoms with van der Waals surface area (Å²) in [5.74, 6) is -2.29. The van der Waals surface area contributed by atoms with Crippen LogP contribution >= 0.6 is 11.6 Å². The molecule has 1 rings (SSSR count). The maximum absolute atomic E-state index is 12.2. The Bertz CT molecular complexity index is 626. The zero-order chi connectivity index (χ0) is 15.0. The number of amides is 1. The van der Waals surface area contributed by atoms with Crippen LogP contribution in [0.25, 0.3) is 0 Å². The molecule has 0 saturated heterocycles. The van der Waals surface area contributed by atoms with Crippen LogP contribution in [0.15, 0.2) is 17.0 Å². The van der Waals surface area contributed by atoms with E-state index < -0.39 is 32.5 Å². The van der Waals surface area contributed by atoms with Crippen molar-refractivity contribution in [3.8, 4) is 0 Å². The molecule has 19 heavy (non-hydrogen) atoms. The van der Waals surface area contributed by atoms with Gasteiger partial charge in [0.2, 0.25) is 0 Å². The Balaban J connectivity index is 3.41. The molecule has 0 spiro atoms. The lowest BCUT2D eigenvalue weighted by molar-refractivity contribution is -0.167. The van der Waals surface area contributed by atoms with Crippen molar-refractivity contribution in [3.63, 3.8) is 0 Å². The van der Waals surface area contributed by atoms with Crippen LogP contribution in [0.2, 0.25) is 5.02 Å². The summed E-state index contributed by atoms with van der Waals surface area (Å²) in [5.41, 5.74) is -0.224. The average molecular weight is 316 g/mol. The summed E-state index contributed by atoms with van der Waals surface area (Å²) in [5, 5.41) is 1.24. The van der Waals surface area contributed by atoms with Crippen LogP contribution < -0.4 is 5.32 Å². The first-order chi connectivity index (χ1) is 8.44. The van der Waals surface area contributed by atoms with E-state index in [1.165, 1.54) is 18.3 Å². The largest absolute Gasteiger partial charge is 0.471 e. The first-order valence-corrected chi connectivity index (χ1v) is 7.09. The molecule has 0 aliphatic carbocycles. The maximum Gasteiger partial charge on any atom is 0.471 e. The zero-order valence-electron chi connectivity index (χ0n) is 9.80. The van der Waals surface area contributed by atoms with Gasteiger partial charge in [-0.1, -0.05) is 17.7 Å². The van der Waals surface area contributed by atoms with Gasteiger partial charge < -0.3 is 5.32 Å². The average Bonchev–Trinajstić information content (AvgIpc) is 2.21. The predicted molar refractivity (Wildman–Crippen MR) is 64.0 cm³/mol. The van der Waals surface area contributed by atoms with E-state index in [4.69, 9.17) is 11.6 Å². The molecule has 1 N–H and O–H groups in total. The molecule has 0 aliphatic rings. The van der Waals surface area contributed by atoms with Crippen molar-refractivity contribution in [1.29, 1.82) is 0 Å². The highest BCUT2D eigenvalue weighted by molar-refractivity contribution is 7.90. The number of anilines is 1. The number of carbonyl (C=O) groups excluding carboxylic acids is 1. The molecule has 9 heteroatoms. The first-order valence-electron chi connectivity index (χ1n) is 4.82. The Kier molecular flexibility index (Phi) is 4.16. The number of aryl methyl sites for hydroxylation is 1. The normalized spacial score (nSPS) is 12.3. The fourth-order valence-electron chi connectivity index (χ4n) is 1.27. The van der Waals surface area contributed by atoms with E-state index in [-0.39, 0.29) is 5.02 Å². The molecule has 0 radical (unpaired) electrons. The van der Waals surface area contributed by atoms with Crippen molar-refractivity contribution in [3.05, 3.63) is 22.7 Å². The fourth-order valence-corrected chi connectivity index (χ4v) is 2.38. The second kappa shape index (κ2) is 5.01. The summed E-state index contributed by atoms with van der Waals surface area (Å²) < 4.78 is 59.5. The lowest BCUT2D eigenvalue weighted by Gasteiger charge is -2.14. The van der Waals surface area contributed by atoms with E-state index in [0.29, 0.717) is 5.56 Å². The van der Waals surface area contributed by atoms with Gasteiger partial charge in [-0.3, -0.25) is 4.79 Å². The summed E-state index contributed by atoms with van der Waals surface area (Å²) in [6.45, 7) is 1.47. The van der Waals surface area contributed by atoms with Gasteiger partial charge in [0.15, 0.2) is 9.84 Å². The number of alkyl halides is 3. The first kappa shape index (κ1) is 15.8. The van der Waals surface area contributed by atoms with Gasteiger partial charge in [-0.25, -0.2) is 8.42 Å². The van der Waals surface area contributed by atoms with E-state index >= 15 is 0 Å². The molecule has 0 heterocycles. The Labute approximate surface area is 112 Å². The van der Waals surface area contributed by atoms with Crippen LogP contribution in [0.3, 0.4) is 0 Å². The number of sulfone groups is 1. The van der Waals surface area contributed by atoms with E-state index in [0.717, 1.165) is 12.3 Å². The summed E-state index contributed by atoms with van der Waals surface area (Å²) in [4.78, 5) is 10.4. The predicted octanol–water partition coefficient (Wildman–Crippen LogP) is 2.55. The second-order valence-corrected chi connectivity index (χ2v) is 6.16. The Morgan fingerprint density at radius 2 is 1.84 bits per heavy atom. The number of carbonyl (C=O) groups is 1. The molecule has 106 valence electrons. The van der Waals surface area contributed by atoms with Crippen molar-refractivity contribution in [1.82, 2.24) is 0 Å². The lowest BCUT2D eigenvalue weighted by atomic mass is 10.2. The minimum atomic E-state index is -5.14. The highest BCUT2D eigenvalue weighted by Gasteiger charge is 2.39. The molecule has 0 fully saturated rings. The number of nitrogens with one attached hydrogen (secondary N) is 1. The van der Waals surface area contributed by atoms with Gasteiger partial charge in [0.05, 0.1) is 15.6 Å². The number of halogens is 4. The highest BCUT2D eigenvalue weighted by atomic mass is 35.5. The Morgan fingerprint density at radius 3 is 2.26 bits per heavy atom. The van der Waals surface area contributed by atoms with Crippen molar-refractivity contribution >= 4 is 33.0 Å². The van der Waals surface area contributed by atoms with Crippen LogP contribution in [0.1, 0.15) is 5.56 Å². The van der Waals surface area contributed by atoms with Crippen molar-refractivity contribution in [2.24, 2.45) is 0 Å². The molecule has 0 unspecified atom stereocenters. The van der Waals surface area contributed by atoms with E-state index in [9.17, 15) is 26.4 Å². The van der Waals surface area contributed by atoms with E-state index in [2.05, 4.69) is 0 Å². The van der Waals surface area contributed by atoms with Crippen LogP contribution in [0.4, 0.5) is 18.9 Å². The van der Waals surface area contributed by atoms with Crippen molar-refractivity contribution < 1.29 is 26.4 Å². The maximum atomic E-state index is 12.2. The molecule has 0 saturated carbocycles. The molecule has 0 aliphatic heterocycles. The van der Waals surface area contributed by atoms with Crippen molar-refractivity contribution in [2.75, 3.05) is 11.6 Å². The molecule has 1 amide bonds. The van der Waals surface area contributed by atoms with E-state index in [1.807, 2.05) is 0 Å². The standard InChI is InChI=1S/C10H9ClF3NO3S/c1-5-3-4-6(19(2,17)18)8(7(5)11)15-9(16)10(12,13)14/h3-4H,1-2H3,(H,15,16).